The van der Waals surface area contributed by atoms with Crippen molar-refractivity contribution in [3.8, 4) is 0 Å². The molecule has 11 atom stereocenters. The molecule has 0 bridgehead atoms. The van der Waals surface area contributed by atoms with Gasteiger partial charge in [-0.25, -0.2) is 0 Å². The number of aliphatic hydroxyl groups is 1. The van der Waals surface area contributed by atoms with Crippen molar-refractivity contribution in [2.75, 3.05) is 13.1 Å². The third kappa shape index (κ3) is 7.44. The van der Waals surface area contributed by atoms with Crippen molar-refractivity contribution in [2.45, 2.75) is 134 Å². The number of piperidine rings is 1. The summed E-state index contributed by atoms with van der Waals surface area (Å²) in [5, 5.41) is 12.5. The molecule has 1 spiro atoms. The summed E-state index contributed by atoms with van der Waals surface area (Å²) in [6, 6.07) is 14.0. The van der Waals surface area contributed by atoms with Crippen LogP contribution in [0.3, 0.4) is 0 Å². The Labute approximate surface area is 340 Å². The molecule has 2 aromatic carbocycles. The van der Waals surface area contributed by atoms with E-state index < -0.39 is 23.9 Å². The molecule has 2 N–H and O–H groups in total. The predicted molar refractivity (Wildman–Crippen MR) is 216 cm³/mol. The number of alkyl halides is 3. The number of ether oxygens (including phenoxy) is 1. The molecule has 2 aliphatic heterocycles. The molecule has 7 nitrogen and oxygen atoms in total. The zero-order chi connectivity index (χ0) is 41.1. The van der Waals surface area contributed by atoms with E-state index in [2.05, 4.69) is 38.7 Å². The lowest BCUT2D eigenvalue weighted by Gasteiger charge is -2.49. The van der Waals surface area contributed by atoms with Crippen molar-refractivity contribution < 1.29 is 37.4 Å². The van der Waals surface area contributed by atoms with Crippen LogP contribution in [0.2, 0.25) is 0 Å². The molecule has 2 saturated heterocycles. The van der Waals surface area contributed by atoms with Gasteiger partial charge in [0.05, 0.1) is 23.9 Å². The third-order valence-electron chi connectivity index (χ3n) is 15.6. The number of amides is 1. The standard InChI is InChI=1S/C48H59F3N2O5/c1-28-23-42-43(30(3)47(58-42)21-19-36-37-17-16-34-25-35(54)18-20-46(34,4)39(37)26-38(36)29(47)2)53(27-28)22-8-11-41(55)40(52-45(57)48(49,50)51)24-31-12-14-33(15-13-31)44(56)32-9-6-5-7-10-32/h5-7,9-10,12-16,28,30,35-37,39-40,42-43,54H,8,11,17-27H2,1-4H3,(H,52,57)/t28-,30?,35-,36-,37-,39-,40-,42+,43-,46-,47-/m0/s1. The highest BCUT2D eigenvalue weighted by molar-refractivity contribution is 6.09. The quantitative estimate of drug-likeness (QED) is 0.185. The van der Waals surface area contributed by atoms with Gasteiger partial charge in [0.15, 0.2) is 11.6 Å². The molecule has 58 heavy (non-hydrogen) atoms. The molecule has 1 unspecified atom stereocenters. The van der Waals surface area contributed by atoms with Crippen molar-refractivity contribution >= 4 is 17.5 Å². The molecular weight excluding hydrogens is 742 g/mol. The Hall–Kier alpha value is -3.60. The van der Waals surface area contributed by atoms with Crippen molar-refractivity contribution in [3.63, 3.8) is 0 Å². The average molecular weight is 801 g/mol. The number of benzene rings is 2. The summed E-state index contributed by atoms with van der Waals surface area (Å²) in [5.41, 5.74) is 5.83. The van der Waals surface area contributed by atoms with Gasteiger partial charge in [-0.3, -0.25) is 19.3 Å². The first-order valence-electron chi connectivity index (χ1n) is 21.7. The van der Waals surface area contributed by atoms with Crippen molar-refractivity contribution in [2.24, 2.45) is 35.0 Å². The largest absolute Gasteiger partial charge is 0.471 e. The van der Waals surface area contributed by atoms with E-state index in [0.717, 1.165) is 57.9 Å². The fraction of sp³-hybridized carbons (Fsp3) is 0.604. The van der Waals surface area contributed by atoms with Crippen LogP contribution in [-0.2, 0) is 20.7 Å². The van der Waals surface area contributed by atoms with Crippen LogP contribution in [0.1, 0.15) is 113 Å². The van der Waals surface area contributed by atoms with E-state index in [-0.39, 0.29) is 53.8 Å². The first-order valence-corrected chi connectivity index (χ1v) is 21.7. The zero-order valence-electron chi connectivity index (χ0n) is 34.3. The van der Waals surface area contributed by atoms with Crippen LogP contribution in [0, 0.1) is 35.0 Å². The molecular formula is C48H59F3N2O5. The lowest BCUT2D eigenvalue weighted by molar-refractivity contribution is -0.174. The lowest BCUT2D eigenvalue weighted by atomic mass is 9.56. The van der Waals surface area contributed by atoms with E-state index in [9.17, 15) is 32.7 Å². The van der Waals surface area contributed by atoms with Gasteiger partial charge in [-0.2, -0.15) is 13.2 Å². The van der Waals surface area contributed by atoms with Gasteiger partial charge in [0.2, 0.25) is 0 Å². The fourth-order valence-electron chi connectivity index (χ4n) is 12.6. The molecule has 2 aromatic rings. The van der Waals surface area contributed by atoms with Gasteiger partial charge in [0.1, 0.15) is 0 Å². The Morgan fingerprint density at radius 1 is 1.00 bits per heavy atom. The normalized spacial score (nSPS) is 35.1. The second-order valence-electron chi connectivity index (χ2n) is 18.9. The predicted octanol–water partition coefficient (Wildman–Crippen LogP) is 8.58. The minimum atomic E-state index is -5.13. The number of aliphatic hydroxyl groups excluding tert-OH is 1. The molecule has 10 heteroatoms. The number of nitrogens with zero attached hydrogens (tertiary/aromatic N) is 1. The number of nitrogens with one attached hydrogen (secondary N) is 1. The SMILES string of the molecule is CC1=C2C[C@H]3[C@@H](CC=C4C[C@@H](O)CC[C@@]43C)[C@@H]2CC[C@]12O[C@@H]1C[C@H](C)CN(CCCC(=O)[C@H](Cc3ccc(C(=O)c4ccccc4)cc3)NC(=O)C(F)(F)F)[C@H]1C2C. The minimum Gasteiger partial charge on any atom is -0.393 e. The summed E-state index contributed by atoms with van der Waals surface area (Å²) in [6.45, 7) is 10.9. The maximum Gasteiger partial charge on any atom is 0.471 e. The highest BCUT2D eigenvalue weighted by atomic mass is 19.4. The summed E-state index contributed by atoms with van der Waals surface area (Å²) < 4.78 is 47.6. The molecule has 2 saturated carbocycles. The first kappa shape index (κ1) is 41.1. The number of rotatable bonds is 10. The Balaban J connectivity index is 0.944. The number of carbonyl (C=O) groups excluding carboxylic acids is 3. The van der Waals surface area contributed by atoms with E-state index in [1.54, 1.807) is 54.1 Å². The summed E-state index contributed by atoms with van der Waals surface area (Å²) in [6.07, 6.45) is 5.60. The first-order chi connectivity index (χ1) is 27.6. The molecule has 4 aliphatic carbocycles. The highest BCUT2D eigenvalue weighted by Gasteiger charge is 2.61. The van der Waals surface area contributed by atoms with Crippen LogP contribution in [0.5, 0.6) is 0 Å². The lowest BCUT2D eigenvalue weighted by Crippen LogP contribution is -2.52. The fourth-order valence-corrected chi connectivity index (χ4v) is 12.6. The number of ketones is 2. The minimum absolute atomic E-state index is 0.0232. The number of allylic oxidation sites excluding steroid dienone is 2. The van der Waals surface area contributed by atoms with Gasteiger partial charge in [-0.1, -0.05) is 92.6 Å². The summed E-state index contributed by atoms with van der Waals surface area (Å²) in [5.74, 6) is -0.316. The summed E-state index contributed by atoms with van der Waals surface area (Å²) >= 11 is 0. The Morgan fingerprint density at radius 3 is 2.45 bits per heavy atom. The van der Waals surface area contributed by atoms with E-state index in [1.807, 2.05) is 11.4 Å². The summed E-state index contributed by atoms with van der Waals surface area (Å²) in [7, 11) is 0. The Bertz CT molecular complexity index is 1960. The van der Waals surface area contributed by atoms with Crippen LogP contribution in [0.25, 0.3) is 0 Å². The second kappa shape index (κ2) is 15.8. The Morgan fingerprint density at radius 2 is 1.72 bits per heavy atom. The Kier molecular flexibility index (Phi) is 11.2. The number of halogens is 3. The molecule has 312 valence electrons. The maximum absolute atomic E-state index is 13.7. The van der Waals surface area contributed by atoms with Crippen LogP contribution in [0.4, 0.5) is 13.2 Å². The molecule has 8 rings (SSSR count). The van der Waals surface area contributed by atoms with Gasteiger partial charge >= 0.3 is 12.1 Å². The molecule has 0 aromatic heterocycles. The smallest absolute Gasteiger partial charge is 0.393 e. The third-order valence-corrected chi connectivity index (χ3v) is 15.6. The second-order valence-corrected chi connectivity index (χ2v) is 18.9. The van der Waals surface area contributed by atoms with Crippen molar-refractivity contribution in [1.82, 2.24) is 10.2 Å². The summed E-state index contributed by atoms with van der Waals surface area (Å²) in [4.78, 5) is 41.2. The number of carbonyl (C=O) groups is 3. The van der Waals surface area contributed by atoms with Crippen LogP contribution < -0.4 is 5.32 Å². The van der Waals surface area contributed by atoms with E-state index in [4.69, 9.17) is 4.74 Å². The van der Waals surface area contributed by atoms with Crippen LogP contribution in [0.15, 0.2) is 77.4 Å². The topological polar surface area (TPSA) is 95.9 Å². The highest BCUT2D eigenvalue weighted by Crippen LogP contribution is 2.65. The number of hydrogen-bond acceptors (Lipinski definition) is 6. The average Bonchev–Trinajstić information content (AvgIpc) is 3.72. The molecule has 1 amide bonds. The van der Waals surface area contributed by atoms with Crippen molar-refractivity contribution in [1.29, 1.82) is 0 Å². The molecule has 0 radical (unpaired) electrons. The number of fused-ring (bicyclic) bond motifs is 6. The van der Waals surface area contributed by atoms with E-state index >= 15 is 0 Å². The van der Waals surface area contributed by atoms with Gasteiger partial charge in [0, 0.05) is 36.1 Å². The van der Waals surface area contributed by atoms with Gasteiger partial charge in [0.25, 0.3) is 0 Å². The van der Waals surface area contributed by atoms with Crippen molar-refractivity contribution in [3.05, 3.63) is 94.1 Å². The number of likely N-dealkylation sites (tertiary alicyclic amines) is 1. The monoisotopic (exact) mass is 800 g/mol. The van der Waals surface area contributed by atoms with Gasteiger partial charge < -0.3 is 15.2 Å². The van der Waals surface area contributed by atoms with Crippen LogP contribution >= 0.6 is 0 Å². The van der Waals surface area contributed by atoms with E-state index in [0.29, 0.717) is 53.3 Å². The van der Waals surface area contributed by atoms with Gasteiger partial charge in [-0.15, -0.1) is 0 Å². The van der Waals surface area contributed by atoms with E-state index in [1.165, 1.54) is 11.1 Å². The van der Waals surface area contributed by atoms with Gasteiger partial charge in [-0.05, 0) is 118 Å². The number of Topliss-reactive ketones (excluding diaryl/α,β-unsaturated/α-hetero) is 1. The number of hydrogen-bond donors (Lipinski definition) is 2. The molecule has 4 fully saturated rings. The molecule has 6 aliphatic rings. The molecule has 2 heterocycles. The maximum atomic E-state index is 13.7. The van der Waals surface area contributed by atoms with Crippen LogP contribution in [-0.4, -0.2) is 76.6 Å². The zero-order valence-corrected chi connectivity index (χ0v) is 34.3.